The number of carboxylic acids is 1. The van der Waals surface area contributed by atoms with Crippen LogP contribution in [-0.2, 0) is 16.3 Å². The first-order valence-electron chi connectivity index (χ1n) is 5.54. The van der Waals surface area contributed by atoms with E-state index in [-0.39, 0.29) is 18.7 Å². The van der Waals surface area contributed by atoms with E-state index in [0.29, 0.717) is 11.3 Å². The third-order valence-corrected chi connectivity index (χ3v) is 2.50. The van der Waals surface area contributed by atoms with E-state index in [1.807, 2.05) is 0 Å². The van der Waals surface area contributed by atoms with Gasteiger partial charge in [0.25, 0.3) is 0 Å². The van der Waals surface area contributed by atoms with Crippen LogP contribution < -0.4 is 11.1 Å². The summed E-state index contributed by atoms with van der Waals surface area (Å²) >= 11 is 0. The zero-order valence-corrected chi connectivity index (χ0v) is 9.86. The summed E-state index contributed by atoms with van der Waals surface area (Å²) in [5.41, 5.74) is 4.23. The van der Waals surface area contributed by atoms with Gasteiger partial charge in [0.2, 0.25) is 5.91 Å². The quantitative estimate of drug-likeness (QED) is 0.693. The Morgan fingerprint density at radius 3 is 2.67 bits per heavy atom. The van der Waals surface area contributed by atoms with Crippen molar-refractivity contribution in [2.75, 3.05) is 5.32 Å². The molecule has 0 saturated heterocycles. The number of carbonyl (C=O) groups is 2. The molecule has 0 saturated carbocycles. The highest BCUT2D eigenvalue weighted by molar-refractivity contribution is 5.91. The van der Waals surface area contributed by atoms with Gasteiger partial charge >= 0.3 is 5.97 Å². The van der Waals surface area contributed by atoms with E-state index in [2.05, 4.69) is 11.1 Å². The molecule has 0 fully saturated rings. The Bertz CT molecular complexity index is 437. The van der Waals surface area contributed by atoms with Gasteiger partial charge < -0.3 is 16.2 Å². The Balaban J connectivity index is 2.52. The van der Waals surface area contributed by atoms with Crippen molar-refractivity contribution in [2.24, 2.45) is 0 Å². The maximum atomic E-state index is 12.6. The molecule has 0 aliphatic carbocycles. The molecule has 0 heterocycles. The largest absolute Gasteiger partial charge is 0.477 e. The van der Waals surface area contributed by atoms with E-state index in [9.17, 15) is 14.0 Å². The van der Waals surface area contributed by atoms with Gasteiger partial charge in [-0.2, -0.15) is 0 Å². The SMILES string of the molecule is [NH3+]C(CCC(=O)Nc1ccccc1CF)C(=O)O. The van der Waals surface area contributed by atoms with E-state index in [1.54, 1.807) is 24.3 Å². The topological polar surface area (TPSA) is 94.0 Å². The maximum Gasteiger partial charge on any atom is 0.362 e. The molecule has 18 heavy (non-hydrogen) atoms. The number of carboxylic acid groups (broad SMARTS) is 1. The van der Waals surface area contributed by atoms with E-state index in [0.717, 1.165) is 0 Å². The number of rotatable bonds is 6. The van der Waals surface area contributed by atoms with Gasteiger partial charge in [0.1, 0.15) is 6.67 Å². The molecule has 1 atom stereocenters. The van der Waals surface area contributed by atoms with Gasteiger partial charge in [-0.15, -0.1) is 0 Å². The Labute approximate surface area is 104 Å². The zero-order valence-electron chi connectivity index (χ0n) is 9.86. The molecule has 0 bridgehead atoms. The van der Waals surface area contributed by atoms with Crippen molar-refractivity contribution in [3.63, 3.8) is 0 Å². The smallest absolute Gasteiger partial charge is 0.362 e. The molecule has 0 aromatic heterocycles. The van der Waals surface area contributed by atoms with Crippen LogP contribution in [0.4, 0.5) is 10.1 Å². The highest BCUT2D eigenvalue weighted by Gasteiger charge is 2.17. The Morgan fingerprint density at radius 1 is 1.39 bits per heavy atom. The third-order valence-electron chi connectivity index (χ3n) is 2.50. The number of para-hydroxylation sites is 1. The van der Waals surface area contributed by atoms with Crippen LogP contribution in [0, 0.1) is 0 Å². The number of benzene rings is 1. The molecular formula is C12H16FN2O3+. The van der Waals surface area contributed by atoms with Gasteiger partial charge in [0.05, 0.1) is 0 Å². The summed E-state index contributed by atoms with van der Waals surface area (Å²) in [7, 11) is 0. The summed E-state index contributed by atoms with van der Waals surface area (Å²) in [6, 6.07) is 5.74. The zero-order chi connectivity index (χ0) is 13.5. The van der Waals surface area contributed by atoms with E-state index in [4.69, 9.17) is 5.11 Å². The average Bonchev–Trinajstić information content (AvgIpc) is 2.36. The molecule has 5 N–H and O–H groups in total. The van der Waals surface area contributed by atoms with Crippen LogP contribution >= 0.6 is 0 Å². The minimum atomic E-state index is -1.04. The van der Waals surface area contributed by atoms with Crippen LogP contribution in [0.3, 0.4) is 0 Å². The molecule has 0 spiro atoms. The van der Waals surface area contributed by atoms with Crippen LogP contribution in [0.25, 0.3) is 0 Å². The number of amides is 1. The Hall–Kier alpha value is -1.95. The molecule has 6 heteroatoms. The van der Waals surface area contributed by atoms with Gasteiger partial charge in [-0.3, -0.25) is 4.79 Å². The molecule has 1 aromatic rings. The fourth-order valence-corrected chi connectivity index (χ4v) is 1.40. The second kappa shape index (κ2) is 6.70. The summed E-state index contributed by atoms with van der Waals surface area (Å²) < 4.78 is 12.6. The summed E-state index contributed by atoms with van der Waals surface area (Å²) in [6.07, 6.45) is 0.194. The Morgan fingerprint density at radius 2 is 2.06 bits per heavy atom. The lowest BCUT2D eigenvalue weighted by atomic mass is 10.1. The fourth-order valence-electron chi connectivity index (χ4n) is 1.40. The molecule has 0 aliphatic rings. The number of aliphatic carboxylic acids is 1. The number of hydrogen-bond donors (Lipinski definition) is 3. The summed E-state index contributed by atoms with van der Waals surface area (Å²) in [6.45, 7) is -0.663. The predicted molar refractivity (Wildman–Crippen MR) is 63.4 cm³/mol. The average molecular weight is 255 g/mol. The summed E-state index contributed by atoms with van der Waals surface area (Å²) in [5, 5.41) is 11.2. The van der Waals surface area contributed by atoms with Gasteiger partial charge in [0, 0.05) is 24.1 Å². The number of alkyl halides is 1. The molecule has 1 rings (SSSR count). The monoisotopic (exact) mass is 255 g/mol. The van der Waals surface area contributed by atoms with E-state index >= 15 is 0 Å². The van der Waals surface area contributed by atoms with Gasteiger partial charge in [-0.25, -0.2) is 9.18 Å². The van der Waals surface area contributed by atoms with Crippen molar-refractivity contribution >= 4 is 17.6 Å². The minimum absolute atomic E-state index is 0.0427. The lowest BCUT2D eigenvalue weighted by Gasteiger charge is -2.09. The van der Waals surface area contributed by atoms with Crippen molar-refractivity contribution in [1.29, 1.82) is 0 Å². The third kappa shape index (κ3) is 4.14. The van der Waals surface area contributed by atoms with Crippen LogP contribution in [0.15, 0.2) is 24.3 Å². The van der Waals surface area contributed by atoms with Crippen molar-refractivity contribution in [1.82, 2.24) is 0 Å². The first-order valence-corrected chi connectivity index (χ1v) is 5.54. The summed E-state index contributed by atoms with van der Waals surface area (Å²) in [4.78, 5) is 22.1. The first kappa shape index (κ1) is 14.1. The lowest BCUT2D eigenvalue weighted by Crippen LogP contribution is -2.65. The molecule has 5 nitrogen and oxygen atoms in total. The number of quaternary nitrogens is 1. The molecule has 98 valence electrons. The second-order valence-corrected chi connectivity index (χ2v) is 3.91. The van der Waals surface area contributed by atoms with E-state index in [1.165, 1.54) is 0 Å². The number of halogens is 1. The van der Waals surface area contributed by atoms with Crippen molar-refractivity contribution in [2.45, 2.75) is 25.6 Å². The highest BCUT2D eigenvalue weighted by Crippen LogP contribution is 2.16. The molecule has 0 radical (unpaired) electrons. The molecule has 0 aliphatic heterocycles. The van der Waals surface area contributed by atoms with Crippen molar-refractivity contribution < 1.29 is 24.8 Å². The molecule has 1 aromatic carbocycles. The van der Waals surface area contributed by atoms with Crippen LogP contribution in [0.1, 0.15) is 18.4 Å². The van der Waals surface area contributed by atoms with Crippen LogP contribution in [0.2, 0.25) is 0 Å². The summed E-state index contributed by atoms with van der Waals surface area (Å²) in [5.74, 6) is -1.38. The predicted octanol–water partition coefficient (Wildman–Crippen LogP) is 0.570. The minimum Gasteiger partial charge on any atom is -0.477 e. The van der Waals surface area contributed by atoms with Gasteiger partial charge in [-0.1, -0.05) is 18.2 Å². The number of carbonyl (C=O) groups excluding carboxylic acids is 1. The van der Waals surface area contributed by atoms with Crippen LogP contribution in [0.5, 0.6) is 0 Å². The first-order chi connectivity index (χ1) is 8.54. The number of nitrogens with one attached hydrogen (secondary N) is 1. The second-order valence-electron chi connectivity index (χ2n) is 3.91. The highest BCUT2D eigenvalue weighted by atomic mass is 19.1. The Kier molecular flexibility index (Phi) is 5.26. The maximum absolute atomic E-state index is 12.6. The molecule has 1 amide bonds. The van der Waals surface area contributed by atoms with Crippen LogP contribution in [-0.4, -0.2) is 23.0 Å². The number of hydrogen-bond acceptors (Lipinski definition) is 2. The molecule has 1 unspecified atom stereocenters. The molecular weight excluding hydrogens is 239 g/mol. The normalized spacial score (nSPS) is 11.9. The number of anilines is 1. The van der Waals surface area contributed by atoms with Gasteiger partial charge in [-0.05, 0) is 6.07 Å². The lowest BCUT2D eigenvalue weighted by molar-refractivity contribution is -0.408. The van der Waals surface area contributed by atoms with Gasteiger partial charge in [0.15, 0.2) is 6.04 Å². The van der Waals surface area contributed by atoms with E-state index < -0.39 is 18.7 Å². The van der Waals surface area contributed by atoms with Crippen molar-refractivity contribution in [3.05, 3.63) is 29.8 Å². The standard InChI is InChI=1S/C12H15FN2O3/c13-7-8-3-1-2-4-10(8)15-11(16)6-5-9(14)12(17)18/h1-4,9H,5-7,14H2,(H,15,16)(H,17,18)/p+1. The fraction of sp³-hybridized carbons (Fsp3) is 0.333. The van der Waals surface area contributed by atoms with Crippen molar-refractivity contribution in [3.8, 4) is 0 Å².